The Morgan fingerprint density at radius 1 is 1.03 bits per heavy atom. The molecule has 1 aromatic carbocycles. The largest absolute Gasteiger partial charge is 0.486 e. The van der Waals surface area contributed by atoms with E-state index in [9.17, 15) is 22.8 Å². The van der Waals surface area contributed by atoms with E-state index in [2.05, 4.69) is 25.8 Å². The van der Waals surface area contributed by atoms with Gasteiger partial charge in [0.05, 0.1) is 17.9 Å². The lowest BCUT2D eigenvalue weighted by Gasteiger charge is -2.16. The van der Waals surface area contributed by atoms with Crippen molar-refractivity contribution in [2.24, 2.45) is 0 Å². The number of nitrogens with one attached hydrogen (secondary N) is 2. The zero-order valence-electron chi connectivity index (χ0n) is 21.7. The summed E-state index contributed by atoms with van der Waals surface area (Å²) < 4.78 is 49.7. The molecule has 0 unspecified atom stereocenters. The van der Waals surface area contributed by atoms with Crippen LogP contribution in [-0.4, -0.2) is 47.3 Å². The number of halogens is 3. The number of aryl methyl sites for hydroxylation is 2. The number of carbonyl (C=O) groups excluding carboxylic acids is 2. The Hall–Kier alpha value is -4.06. The molecule has 2 amide bonds. The molecule has 3 aromatic rings. The van der Waals surface area contributed by atoms with Crippen molar-refractivity contribution in [1.82, 2.24) is 20.5 Å². The summed E-state index contributed by atoms with van der Waals surface area (Å²) in [5.41, 5.74) is 1.49. The lowest BCUT2D eigenvalue weighted by molar-refractivity contribution is -0.141. The average molecular weight is 544 g/mol. The molecule has 9 nitrogen and oxygen atoms in total. The van der Waals surface area contributed by atoms with Gasteiger partial charge >= 0.3 is 6.18 Å². The fourth-order valence-electron chi connectivity index (χ4n) is 3.84. The van der Waals surface area contributed by atoms with Crippen LogP contribution in [-0.2, 0) is 17.5 Å². The van der Waals surface area contributed by atoms with Crippen LogP contribution in [0.15, 0.2) is 36.5 Å². The third kappa shape index (κ3) is 7.08. The van der Waals surface area contributed by atoms with Crippen molar-refractivity contribution in [3.8, 4) is 5.75 Å². The molecule has 0 bridgehead atoms. The third-order valence-corrected chi connectivity index (χ3v) is 6.19. The average Bonchev–Trinajstić information content (AvgIpc) is 3.74. The van der Waals surface area contributed by atoms with Crippen LogP contribution in [0.5, 0.6) is 5.75 Å². The molecular formula is C27H28F3N5O4. The van der Waals surface area contributed by atoms with Gasteiger partial charge in [-0.3, -0.25) is 14.6 Å². The number of nitrogens with zero attached hydrogens (tertiary/aromatic N) is 3. The summed E-state index contributed by atoms with van der Waals surface area (Å²) in [6.07, 6.45) is -0.487. The number of benzene rings is 1. The topological polar surface area (TPSA) is 115 Å². The van der Waals surface area contributed by atoms with Gasteiger partial charge in [-0.2, -0.15) is 13.2 Å². The van der Waals surface area contributed by atoms with Crippen LogP contribution in [0, 0.1) is 13.8 Å². The van der Waals surface area contributed by atoms with Crippen LogP contribution < -0.4 is 15.4 Å². The molecule has 0 spiro atoms. The third-order valence-electron chi connectivity index (χ3n) is 6.19. The van der Waals surface area contributed by atoms with Gasteiger partial charge in [0.15, 0.2) is 11.5 Å². The molecule has 1 aliphatic carbocycles. The molecule has 0 saturated heterocycles. The lowest BCUT2D eigenvalue weighted by atomic mass is 10.0. The second-order valence-corrected chi connectivity index (χ2v) is 9.27. The first kappa shape index (κ1) is 28.0. The van der Waals surface area contributed by atoms with Crippen molar-refractivity contribution in [1.29, 1.82) is 0 Å². The fourth-order valence-corrected chi connectivity index (χ4v) is 3.84. The van der Waals surface area contributed by atoms with Crippen LogP contribution in [0.25, 0.3) is 0 Å². The van der Waals surface area contributed by atoms with E-state index < -0.39 is 23.7 Å². The Morgan fingerprint density at radius 3 is 2.41 bits per heavy atom. The molecule has 12 heteroatoms. The molecule has 2 N–H and O–H groups in total. The maximum Gasteiger partial charge on any atom is 0.435 e. The predicted molar refractivity (Wildman–Crippen MR) is 136 cm³/mol. The van der Waals surface area contributed by atoms with Crippen LogP contribution in [0.3, 0.4) is 0 Å². The van der Waals surface area contributed by atoms with Gasteiger partial charge in [0.25, 0.3) is 11.8 Å². The number of ether oxygens (including phenoxy) is 2. The van der Waals surface area contributed by atoms with Gasteiger partial charge in [0.1, 0.15) is 12.4 Å². The number of hydrogen-bond donors (Lipinski definition) is 2. The smallest absolute Gasteiger partial charge is 0.435 e. The van der Waals surface area contributed by atoms with Gasteiger partial charge in [-0.25, -0.2) is 0 Å². The van der Waals surface area contributed by atoms with E-state index in [-0.39, 0.29) is 48.0 Å². The first-order chi connectivity index (χ1) is 18.6. The second kappa shape index (κ2) is 11.8. The van der Waals surface area contributed by atoms with Gasteiger partial charge < -0.3 is 20.1 Å². The maximum atomic E-state index is 13.1. The van der Waals surface area contributed by atoms with Gasteiger partial charge in [-0.1, -0.05) is 6.07 Å². The number of pyridine rings is 1. The molecular weight excluding hydrogens is 515 g/mol. The highest BCUT2D eigenvalue weighted by molar-refractivity contribution is 6.07. The summed E-state index contributed by atoms with van der Waals surface area (Å²) in [6, 6.07) is 7.63. The highest BCUT2D eigenvalue weighted by Crippen LogP contribution is 2.39. The van der Waals surface area contributed by atoms with Crippen LogP contribution in [0.4, 0.5) is 19.0 Å². The van der Waals surface area contributed by atoms with E-state index in [4.69, 9.17) is 9.47 Å². The number of aromatic nitrogens is 3. The number of rotatable bonds is 10. The predicted octanol–water partition coefficient (Wildman–Crippen LogP) is 4.59. The lowest BCUT2D eigenvalue weighted by Crippen LogP contribution is -2.28. The van der Waals surface area contributed by atoms with Crippen molar-refractivity contribution < 1.29 is 32.2 Å². The summed E-state index contributed by atoms with van der Waals surface area (Å²) in [6.45, 7) is 3.65. The first-order valence-electron chi connectivity index (χ1n) is 12.3. The normalized spacial score (nSPS) is 13.2. The van der Waals surface area contributed by atoms with E-state index in [0.717, 1.165) is 6.07 Å². The summed E-state index contributed by atoms with van der Waals surface area (Å²) >= 11 is 0. The second-order valence-electron chi connectivity index (χ2n) is 9.27. The Balaban J connectivity index is 1.56. The summed E-state index contributed by atoms with van der Waals surface area (Å²) in [5, 5.41) is 11.9. The van der Waals surface area contributed by atoms with Crippen LogP contribution in [0.2, 0.25) is 0 Å². The molecule has 2 aromatic heterocycles. The van der Waals surface area contributed by atoms with E-state index in [1.54, 1.807) is 13.0 Å². The Morgan fingerprint density at radius 2 is 1.79 bits per heavy atom. The van der Waals surface area contributed by atoms with Gasteiger partial charge in [0.2, 0.25) is 0 Å². The van der Waals surface area contributed by atoms with E-state index >= 15 is 0 Å². The monoisotopic (exact) mass is 543 g/mol. The van der Waals surface area contributed by atoms with Crippen LogP contribution >= 0.6 is 0 Å². The van der Waals surface area contributed by atoms with Crippen molar-refractivity contribution in [3.05, 3.63) is 75.7 Å². The highest BCUT2D eigenvalue weighted by atomic mass is 19.4. The molecule has 206 valence electrons. The summed E-state index contributed by atoms with van der Waals surface area (Å²) in [4.78, 5) is 30.5. The molecule has 39 heavy (non-hydrogen) atoms. The van der Waals surface area contributed by atoms with Crippen molar-refractivity contribution in [2.75, 3.05) is 25.6 Å². The van der Waals surface area contributed by atoms with Crippen molar-refractivity contribution in [2.45, 2.75) is 45.4 Å². The molecule has 1 aliphatic rings. The number of alkyl halides is 3. The number of methoxy groups -OCH3 is 1. The molecule has 1 saturated carbocycles. The van der Waals surface area contributed by atoms with E-state index in [1.807, 2.05) is 18.3 Å². The van der Waals surface area contributed by atoms with Gasteiger partial charge in [-0.15, -0.1) is 10.2 Å². The molecule has 2 heterocycles. The Bertz CT molecular complexity index is 1360. The molecule has 1 fully saturated rings. The molecule has 0 radical (unpaired) electrons. The minimum absolute atomic E-state index is 0.0843. The quantitative estimate of drug-likeness (QED) is 0.360. The molecule has 0 aliphatic heterocycles. The Kier molecular flexibility index (Phi) is 8.44. The standard InChI is InChI=1S/C27H28F3N5O4/c1-15-10-22(39-14-19-7-6-18(13-32-19)17-4-5-17)21(25(36)31-8-9-38-3)12-20(15)26(37)33-24-16(2)11-23(34-35-24)27(28,29)30/h6-7,10-13,17H,4-5,8-9,14H2,1-3H3,(H,31,36)(H,33,35,37). The molecule has 0 atom stereocenters. The van der Waals surface area contributed by atoms with E-state index in [1.165, 1.54) is 38.5 Å². The minimum atomic E-state index is -4.66. The number of anilines is 1. The zero-order chi connectivity index (χ0) is 28.2. The maximum absolute atomic E-state index is 13.1. The van der Waals surface area contributed by atoms with Crippen LogP contribution in [0.1, 0.15) is 67.6 Å². The summed E-state index contributed by atoms with van der Waals surface area (Å²) in [5.74, 6) is -0.455. The molecule has 4 rings (SSSR count). The SMILES string of the molecule is COCCNC(=O)c1cc(C(=O)Nc2nnc(C(F)(F)F)cc2C)c(C)cc1OCc1ccc(C2CC2)cn1. The van der Waals surface area contributed by atoms with Gasteiger partial charge in [-0.05, 0) is 73.6 Å². The van der Waals surface area contributed by atoms with Crippen molar-refractivity contribution >= 4 is 17.6 Å². The first-order valence-corrected chi connectivity index (χ1v) is 12.3. The fraction of sp³-hybridized carbons (Fsp3) is 0.370. The number of hydrogen-bond acceptors (Lipinski definition) is 7. The van der Waals surface area contributed by atoms with Crippen molar-refractivity contribution in [3.63, 3.8) is 0 Å². The van der Waals surface area contributed by atoms with Gasteiger partial charge in [0, 0.05) is 25.4 Å². The van der Waals surface area contributed by atoms with E-state index in [0.29, 0.717) is 17.2 Å². The minimum Gasteiger partial charge on any atom is -0.486 e. The Labute approximate surface area is 223 Å². The zero-order valence-corrected chi connectivity index (χ0v) is 21.7. The number of amides is 2. The number of carbonyl (C=O) groups is 2. The summed E-state index contributed by atoms with van der Waals surface area (Å²) in [7, 11) is 1.50. The highest BCUT2D eigenvalue weighted by Gasteiger charge is 2.33.